The van der Waals surface area contributed by atoms with Crippen LogP contribution in [0.4, 0.5) is 5.69 Å². The van der Waals surface area contributed by atoms with Gasteiger partial charge in [-0.15, -0.1) is 0 Å². The molecular weight excluding hydrogens is 388 g/mol. The first-order valence-corrected chi connectivity index (χ1v) is 11.9. The normalized spacial score (nSPS) is 18.2. The van der Waals surface area contributed by atoms with E-state index in [-0.39, 0.29) is 22.3 Å². The number of nitrogens with zero attached hydrogens (tertiary/aromatic N) is 3. The van der Waals surface area contributed by atoms with E-state index in [1.807, 2.05) is 0 Å². The minimum Gasteiger partial charge on any atom is -0.274 e. The van der Waals surface area contributed by atoms with E-state index in [4.69, 9.17) is 5.14 Å². The first-order valence-electron chi connectivity index (χ1n) is 8.90. The summed E-state index contributed by atoms with van der Waals surface area (Å²) in [6.07, 6.45) is 6.09. The van der Waals surface area contributed by atoms with Crippen molar-refractivity contribution in [3.05, 3.63) is 35.7 Å². The van der Waals surface area contributed by atoms with Gasteiger partial charge >= 0.3 is 0 Å². The maximum Gasteiger partial charge on any atom is 0.267 e. The van der Waals surface area contributed by atoms with Crippen molar-refractivity contribution in [2.75, 3.05) is 10.8 Å². The second-order valence-electron chi connectivity index (χ2n) is 7.20. The van der Waals surface area contributed by atoms with Gasteiger partial charge in [-0.05, 0) is 37.0 Å². The van der Waals surface area contributed by atoms with Gasteiger partial charge in [0.2, 0.25) is 10.0 Å². The highest BCUT2D eigenvalue weighted by atomic mass is 32.2. The third kappa shape index (κ3) is 3.15. The Hall–Kier alpha value is -1.91. The SMILES string of the molecule is Cn1cc(S(=O)(=O)N2CCc3ccc(S(N)(=O)=O)cc32)c(C2CCCC2)n1. The number of benzene rings is 1. The number of aryl methyl sites for hydroxylation is 1. The van der Waals surface area contributed by atoms with Gasteiger partial charge in [-0.3, -0.25) is 8.99 Å². The highest BCUT2D eigenvalue weighted by molar-refractivity contribution is 7.93. The van der Waals surface area contributed by atoms with E-state index in [1.54, 1.807) is 19.3 Å². The molecule has 4 rings (SSSR count). The average Bonchev–Trinajstić information content (AvgIpc) is 3.32. The summed E-state index contributed by atoms with van der Waals surface area (Å²) >= 11 is 0. The molecule has 2 heterocycles. The van der Waals surface area contributed by atoms with Crippen LogP contribution in [0, 0.1) is 0 Å². The van der Waals surface area contributed by atoms with Gasteiger partial charge in [0.15, 0.2) is 0 Å². The Balaban J connectivity index is 1.80. The van der Waals surface area contributed by atoms with E-state index in [2.05, 4.69) is 5.10 Å². The van der Waals surface area contributed by atoms with Gasteiger partial charge in [-0.1, -0.05) is 18.9 Å². The first-order chi connectivity index (χ1) is 12.7. The summed E-state index contributed by atoms with van der Waals surface area (Å²) in [7, 11) is -6.04. The lowest BCUT2D eigenvalue weighted by molar-refractivity contribution is 0.586. The van der Waals surface area contributed by atoms with Crippen LogP contribution in [0.1, 0.15) is 42.9 Å². The van der Waals surface area contributed by atoms with E-state index >= 15 is 0 Å². The largest absolute Gasteiger partial charge is 0.274 e. The van der Waals surface area contributed by atoms with Gasteiger partial charge in [0, 0.05) is 25.7 Å². The lowest BCUT2D eigenvalue weighted by Crippen LogP contribution is -2.30. The number of hydrogen-bond acceptors (Lipinski definition) is 5. The van der Waals surface area contributed by atoms with Crippen LogP contribution in [0.25, 0.3) is 0 Å². The minimum atomic E-state index is -3.91. The van der Waals surface area contributed by atoms with Crippen molar-refractivity contribution >= 4 is 25.7 Å². The molecule has 2 aliphatic rings. The molecular formula is C17H22N4O4S2. The Labute approximate surface area is 159 Å². The quantitative estimate of drug-likeness (QED) is 0.820. The first kappa shape index (κ1) is 18.5. The van der Waals surface area contributed by atoms with Gasteiger partial charge in [-0.2, -0.15) is 5.10 Å². The second kappa shape index (κ2) is 6.32. The topological polar surface area (TPSA) is 115 Å². The Morgan fingerprint density at radius 3 is 2.52 bits per heavy atom. The molecule has 8 nitrogen and oxygen atoms in total. The summed E-state index contributed by atoms with van der Waals surface area (Å²) in [5.74, 6) is 0.147. The molecule has 1 aliphatic carbocycles. The van der Waals surface area contributed by atoms with Gasteiger partial charge < -0.3 is 0 Å². The van der Waals surface area contributed by atoms with Crippen molar-refractivity contribution in [1.29, 1.82) is 0 Å². The van der Waals surface area contributed by atoms with Gasteiger partial charge in [0.25, 0.3) is 10.0 Å². The molecule has 27 heavy (non-hydrogen) atoms. The molecule has 0 spiro atoms. The van der Waals surface area contributed by atoms with Gasteiger partial charge in [-0.25, -0.2) is 22.0 Å². The fourth-order valence-electron chi connectivity index (χ4n) is 4.04. The molecule has 1 aromatic carbocycles. The highest BCUT2D eigenvalue weighted by Crippen LogP contribution is 2.40. The summed E-state index contributed by atoms with van der Waals surface area (Å²) in [6.45, 7) is 0.269. The molecule has 0 amide bonds. The highest BCUT2D eigenvalue weighted by Gasteiger charge is 2.36. The number of hydrogen-bond donors (Lipinski definition) is 1. The zero-order valence-electron chi connectivity index (χ0n) is 15.0. The lowest BCUT2D eigenvalue weighted by atomic mass is 10.1. The van der Waals surface area contributed by atoms with Gasteiger partial charge in [0.05, 0.1) is 16.3 Å². The monoisotopic (exact) mass is 410 g/mol. The van der Waals surface area contributed by atoms with Crippen LogP contribution in [0.3, 0.4) is 0 Å². The third-order valence-corrected chi connectivity index (χ3v) is 8.11. The zero-order chi connectivity index (χ0) is 19.4. The van der Waals surface area contributed by atoms with Crippen molar-refractivity contribution in [1.82, 2.24) is 9.78 Å². The zero-order valence-corrected chi connectivity index (χ0v) is 16.6. The van der Waals surface area contributed by atoms with Crippen LogP contribution in [0.5, 0.6) is 0 Å². The van der Waals surface area contributed by atoms with Crippen LogP contribution >= 0.6 is 0 Å². The predicted molar refractivity (Wildman–Crippen MR) is 100 cm³/mol. The van der Waals surface area contributed by atoms with E-state index in [0.29, 0.717) is 17.8 Å². The Morgan fingerprint density at radius 1 is 1.15 bits per heavy atom. The molecule has 146 valence electrons. The van der Waals surface area contributed by atoms with E-state index < -0.39 is 20.0 Å². The maximum absolute atomic E-state index is 13.4. The molecule has 2 aromatic rings. The molecule has 1 fully saturated rings. The number of anilines is 1. The van der Waals surface area contributed by atoms with Crippen LogP contribution in [0.2, 0.25) is 0 Å². The molecule has 1 aromatic heterocycles. The summed E-state index contributed by atoms with van der Waals surface area (Å²) in [4.78, 5) is 0.122. The van der Waals surface area contributed by atoms with Crippen molar-refractivity contribution in [3.63, 3.8) is 0 Å². The van der Waals surface area contributed by atoms with Crippen LogP contribution in [0.15, 0.2) is 34.2 Å². The number of fused-ring (bicyclic) bond motifs is 1. The van der Waals surface area contributed by atoms with Gasteiger partial charge in [0.1, 0.15) is 4.90 Å². The molecule has 10 heteroatoms. The molecule has 0 atom stereocenters. The average molecular weight is 411 g/mol. The third-order valence-electron chi connectivity index (χ3n) is 5.37. The molecule has 1 saturated carbocycles. The van der Waals surface area contributed by atoms with Crippen molar-refractivity contribution in [2.24, 2.45) is 12.2 Å². The minimum absolute atomic E-state index is 0.0921. The van der Waals surface area contributed by atoms with Crippen molar-refractivity contribution in [2.45, 2.75) is 47.8 Å². The Kier molecular flexibility index (Phi) is 4.32. The van der Waals surface area contributed by atoms with Crippen molar-refractivity contribution in [3.8, 4) is 0 Å². The smallest absolute Gasteiger partial charge is 0.267 e. The van der Waals surface area contributed by atoms with Crippen LogP contribution in [-0.2, 0) is 33.5 Å². The molecule has 2 N–H and O–H groups in total. The number of aromatic nitrogens is 2. The Bertz CT molecular complexity index is 1100. The number of nitrogens with two attached hydrogens (primary N) is 1. The second-order valence-corrected chi connectivity index (χ2v) is 10.6. The predicted octanol–water partition coefficient (Wildman–Crippen LogP) is 1.48. The molecule has 0 saturated heterocycles. The van der Waals surface area contributed by atoms with E-state index in [9.17, 15) is 16.8 Å². The Morgan fingerprint density at radius 2 is 1.85 bits per heavy atom. The summed E-state index contributed by atoms with van der Waals surface area (Å²) in [5.41, 5.74) is 1.78. The lowest BCUT2D eigenvalue weighted by Gasteiger charge is -2.20. The van der Waals surface area contributed by atoms with Crippen LogP contribution < -0.4 is 9.44 Å². The van der Waals surface area contributed by atoms with Crippen LogP contribution in [-0.4, -0.2) is 33.2 Å². The van der Waals surface area contributed by atoms with E-state index in [0.717, 1.165) is 31.2 Å². The molecule has 0 bridgehead atoms. The maximum atomic E-state index is 13.4. The molecule has 0 unspecified atom stereocenters. The summed E-state index contributed by atoms with van der Waals surface area (Å²) in [6, 6.07) is 4.39. The fourth-order valence-corrected chi connectivity index (χ4v) is 6.33. The molecule has 0 radical (unpaired) electrons. The fraction of sp³-hybridized carbons (Fsp3) is 0.471. The number of primary sulfonamides is 1. The molecule has 1 aliphatic heterocycles. The van der Waals surface area contributed by atoms with Crippen molar-refractivity contribution < 1.29 is 16.8 Å². The summed E-state index contributed by atoms with van der Waals surface area (Å²) < 4.78 is 53.1. The standard InChI is InChI=1S/C17H22N4O4S2/c1-20-11-16(17(19-20)13-4-2-3-5-13)27(24,25)21-9-8-12-6-7-14(10-15(12)21)26(18,22)23/h6-7,10-11,13H,2-5,8-9H2,1H3,(H2,18,22,23). The number of rotatable bonds is 4. The summed E-state index contributed by atoms with van der Waals surface area (Å²) in [5, 5.41) is 9.66. The van der Waals surface area contributed by atoms with E-state index in [1.165, 1.54) is 21.1 Å². The number of sulfonamides is 2.